The first-order valence-corrected chi connectivity index (χ1v) is 7.19. The van der Waals surface area contributed by atoms with Crippen LogP contribution in [0.3, 0.4) is 0 Å². The molecule has 0 atom stereocenters. The van der Waals surface area contributed by atoms with E-state index in [0.717, 1.165) is 29.8 Å². The summed E-state index contributed by atoms with van der Waals surface area (Å²) < 4.78 is 0. The van der Waals surface area contributed by atoms with Gasteiger partial charge in [0.05, 0.1) is 0 Å². The Balaban J connectivity index is 2.13. The van der Waals surface area contributed by atoms with E-state index in [9.17, 15) is 4.79 Å². The first-order valence-electron chi connectivity index (χ1n) is 7.19. The Morgan fingerprint density at radius 2 is 2.00 bits per heavy atom. The molecule has 21 heavy (non-hydrogen) atoms. The van der Waals surface area contributed by atoms with Crippen LogP contribution in [0.5, 0.6) is 0 Å². The number of hydrogen-bond acceptors (Lipinski definition) is 3. The number of aromatic nitrogens is 1. The topological polar surface area (TPSA) is 54.0 Å². The van der Waals surface area contributed by atoms with Crippen molar-refractivity contribution in [1.29, 1.82) is 0 Å². The van der Waals surface area contributed by atoms with Crippen molar-refractivity contribution in [3.8, 4) is 0 Å². The fourth-order valence-electron chi connectivity index (χ4n) is 2.06. The van der Waals surface area contributed by atoms with Gasteiger partial charge in [-0.2, -0.15) is 0 Å². The molecule has 2 aromatic rings. The zero-order valence-corrected chi connectivity index (χ0v) is 12.7. The molecule has 0 spiro atoms. The van der Waals surface area contributed by atoms with Gasteiger partial charge in [0.2, 0.25) is 0 Å². The molecule has 4 heteroatoms. The van der Waals surface area contributed by atoms with Crippen LogP contribution >= 0.6 is 0 Å². The summed E-state index contributed by atoms with van der Waals surface area (Å²) in [5, 5.41) is 6.19. The molecule has 0 fully saturated rings. The Morgan fingerprint density at radius 1 is 1.19 bits per heavy atom. The summed E-state index contributed by atoms with van der Waals surface area (Å²) in [6, 6.07) is 9.45. The maximum Gasteiger partial charge on any atom is 0.256 e. The highest BCUT2D eigenvalue weighted by atomic mass is 16.1. The first-order chi connectivity index (χ1) is 10.1. The lowest BCUT2D eigenvalue weighted by Gasteiger charge is -2.11. The zero-order chi connectivity index (χ0) is 15.2. The summed E-state index contributed by atoms with van der Waals surface area (Å²) in [4.78, 5) is 16.5. The largest absolute Gasteiger partial charge is 0.385 e. The molecular formula is C17H21N3O. The number of carbonyl (C=O) groups excluding carboxylic acids is 1. The average Bonchev–Trinajstić information content (AvgIpc) is 2.48. The minimum Gasteiger partial charge on any atom is -0.385 e. The van der Waals surface area contributed by atoms with Crippen LogP contribution in [0, 0.1) is 13.8 Å². The van der Waals surface area contributed by atoms with E-state index in [2.05, 4.69) is 22.5 Å². The number of carbonyl (C=O) groups is 1. The average molecular weight is 283 g/mol. The molecule has 0 unspecified atom stereocenters. The highest BCUT2D eigenvalue weighted by Crippen LogP contribution is 2.18. The van der Waals surface area contributed by atoms with Crippen molar-refractivity contribution in [2.24, 2.45) is 0 Å². The number of aryl methyl sites for hydroxylation is 2. The van der Waals surface area contributed by atoms with Crippen LogP contribution in [0.4, 0.5) is 11.5 Å². The second-order valence-electron chi connectivity index (χ2n) is 5.08. The predicted octanol–water partition coefficient (Wildman–Crippen LogP) is 3.77. The van der Waals surface area contributed by atoms with E-state index in [0.29, 0.717) is 11.4 Å². The summed E-state index contributed by atoms with van der Waals surface area (Å²) in [7, 11) is 0. The molecule has 2 rings (SSSR count). The summed E-state index contributed by atoms with van der Waals surface area (Å²) in [5.41, 5.74) is 3.72. The number of hydrogen-bond donors (Lipinski definition) is 2. The van der Waals surface area contributed by atoms with Gasteiger partial charge in [-0.3, -0.25) is 4.79 Å². The van der Waals surface area contributed by atoms with Crippen LogP contribution in [0.15, 0.2) is 36.5 Å². The van der Waals surface area contributed by atoms with E-state index in [1.165, 1.54) is 0 Å². The quantitative estimate of drug-likeness (QED) is 0.878. The summed E-state index contributed by atoms with van der Waals surface area (Å²) >= 11 is 0. The minimum atomic E-state index is -0.137. The molecule has 0 aliphatic heterocycles. The molecular weight excluding hydrogens is 262 g/mol. The number of anilines is 2. The van der Waals surface area contributed by atoms with Crippen molar-refractivity contribution >= 4 is 17.4 Å². The number of nitrogens with zero attached hydrogens (tertiary/aromatic N) is 1. The Bertz CT molecular complexity index is 638. The van der Waals surface area contributed by atoms with Crippen molar-refractivity contribution in [2.75, 3.05) is 17.2 Å². The second kappa shape index (κ2) is 6.88. The van der Waals surface area contributed by atoms with Gasteiger partial charge >= 0.3 is 0 Å². The Morgan fingerprint density at radius 3 is 2.67 bits per heavy atom. The highest BCUT2D eigenvalue weighted by Gasteiger charge is 2.09. The van der Waals surface area contributed by atoms with E-state index >= 15 is 0 Å². The molecule has 1 aromatic heterocycles. The fourth-order valence-corrected chi connectivity index (χ4v) is 2.06. The molecule has 1 heterocycles. The predicted molar refractivity (Wildman–Crippen MR) is 86.9 cm³/mol. The van der Waals surface area contributed by atoms with Crippen LogP contribution in [0.25, 0.3) is 0 Å². The van der Waals surface area contributed by atoms with E-state index < -0.39 is 0 Å². The van der Waals surface area contributed by atoms with Gasteiger partial charge < -0.3 is 10.6 Å². The van der Waals surface area contributed by atoms with Crippen LogP contribution < -0.4 is 10.6 Å². The number of amides is 1. The zero-order valence-electron chi connectivity index (χ0n) is 12.7. The lowest BCUT2D eigenvalue weighted by molar-refractivity contribution is 0.102. The van der Waals surface area contributed by atoms with Gasteiger partial charge in [0, 0.05) is 24.0 Å². The van der Waals surface area contributed by atoms with Crippen molar-refractivity contribution in [1.82, 2.24) is 4.98 Å². The Hall–Kier alpha value is -2.36. The number of pyridine rings is 1. The summed E-state index contributed by atoms with van der Waals surface area (Å²) in [6.07, 6.45) is 2.74. The molecule has 2 N–H and O–H groups in total. The van der Waals surface area contributed by atoms with Gasteiger partial charge in [-0.15, -0.1) is 0 Å². The Labute approximate surface area is 125 Å². The molecule has 110 valence electrons. The van der Waals surface area contributed by atoms with Gasteiger partial charge in [-0.05, 0) is 55.7 Å². The summed E-state index contributed by atoms with van der Waals surface area (Å²) in [5.74, 6) is 0.468. The van der Waals surface area contributed by atoms with Gasteiger partial charge in [-0.25, -0.2) is 4.98 Å². The van der Waals surface area contributed by atoms with Crippen LogP contribution in [-0.2, 0) is 0 Å². The molecule has 1 aromatic carbocycles. The van der Waals surface area contributed by atoms with E-state index in [1.54, 1.807) is 6.20 Å². The van der Waals surface area contributed by atoms with Crippen LogP contribution in [-0.4, -0.2) is 17.4 Å². The number of nitrogens with one attached hydrogen (secondary N) is 2. The molecule has 0 saturated heterocycles. The second-order valence-corrected chi connectivity index (χ2v) is 5.08. The third kappa shape index (κ3) is 3.81. The smallest absolute Gasteiger partial charge is 0.256 e. The van der Waals surface area contributed by atoms with E-state index in [1.807, 2.05) is 44.2 Å². The van der Waals surface area contributed by atoms with E-state index in [4.69, 9.17) is 0 Å². The highest BCUT2D eigenvalue weighted by molar-refractivity contribution is 6.04. The lowest BCUT2D eigenvalue weighted by atomic mass is 10.1. The SMILES string of the molecule is CCCNc1ccc(C(=O)Nc2ncccc2C)cc1C. The van der Waals surface area contributed by atoms with Gasteiger partial charge in [-0.1, -0.05) is 13.0 Å². The van der Waals surface area contributed by atoms with Crippen molar-refractivity contribution in [3.63, 3.8) is 0 Å². The summed E-state index contributed by atoms with van der Waals surface area (Å²) in [6.45, 7) is 6.98. The molecule has 0 saturated carbocycles. The first kappa shape index (κ1) is 15.0. The number of rotatable bonds is 5. The van der Waals surface area contributed by atoms with Gasteiger partial charge in [0.15, 0.2) is 0 Å². The van der Waals surface area contributed by atoms with Crippen LogP contribution in [0.2, 0.25) is 0 Å². The Kier molecular flexibility index (Phi) is 4.93. The maximum atomic E-state index is 12.3. The fraction of sp³-hybridized carbons (Fsp3) is 0.294. The molecule has 0 aliphatic carbocycles. The monoisotopic (exact) mass is 283 g/mol. The molecule has 4 nitrogen and oxygen atoms in total. The molecule has 0 bridgehead atoms. The normalized spacial score (nSPS) is 10.2. The van der Waals surface area contributed by atoms with Crippen molar-refractivity contribution < 1.29 is 4.79 Å². The lowest BCUT2D eigenvalue weighted by Crippen LogP contribution is -2.14. The van der Waals surface area contributed by atoms with Gasteiger partial charge in [0.25, 0.3) is 5.91 Å². The molecule has 1 amide bonds. The van der Waals surface area contributed by atoms with Crippen LogP contribution in [0.1, 0.15) is 34.8 Å². The van der Waals surface area contributed by atoms with E-state index in [-0.39, 0.29) is 5.91 Å². The molecule has 0 radical (unpaired) electrons. The minimum absolute atomic E-state index is 0.137. The maximum absolute atomic E-state index is 12.3. The van der Waals surface area contributed by atoms with Gasteiger partial charge in [0.1, 0.15) is 5.82 Å². The standard InChI is InChI=1S/C17H21N3O/c1-4-9-18-15-8-7-14(11-13(15)3)17(21)20-16-12(2)6-5-10-19-16/h5-8,10-11,18H,4,9H2,1-3H3,(H,19,20,21). The third-order valence-corrected chi connectivity index (χ3v) is 3.30. The third-order valence-electron chi connectivity index (χ3n) is 3.30. The van der Waals surface area contributed by atoms with Crippen molar-refractivity contribution in [3.05, 3.63) is 53.2 Å². The molecule has 0 aliphatic rings. The number of benzene rings is 1. The van der Waals surface area contributed by atoms with Crippen molar-refractivity contribution in [2.45, 2.75) is 27.2 Å².